The van der Waals surface area contributed by atoms with E-state index in [1.165, 1.54) is 31.1 Å². The third-order valence-corrected chi connectivity index (χ3v) is 3.87. The van der Waals surface area contributed by atoms with Gasteiger partial charge in [0.1, 0.15) is 11.5 Å². The highest BCUT2D eigenvalue weighted by atomic mass is 35.5. The van der Waals surface area contributed by atoms with E-state index in [0.29, 0.717) is 0 Å². The molecule has 0 saturated carbocycles. The van der Waals surface area contributed by atoms with Crippen LogP contribution in [0.1, 0.15) is 11.1 Å². The Morgan fingerprint density at radius 3 is 2.41 bits per heavy atom. The van der Waals surface area contributed by atoms with Gasteiger partial charge < -0.3 is 9.64 Å². The molecule has 144 valence electrons. The molecule has 0 atom stereocenters. The van der Waals surface area contributed by atoms with E-state index in [0.717, 1.165) is 24.3 Å². The lowest BCUT2D eigenvalue weighted by atomic mass is 10.1. The molecular formula is C17H14ClF3N2O4. The number of amides is 1. The van der Waals surface area contributed by atoms with Crippen LogP contribution in [0.25, 0.3) is 0 Å². The van der Waals surface area contributed by atoms with Gasteiger partial charge in [-0.05, 0) is 30.3 Å². The largest absolute Gasteiger partial charge is 0.456 e. The summed E-state index contributed by atoms with van der Waals surface area (Å²) in [5.41, 5.74) is -1.09. The van der Waals surface area contributed by atoms with Crippen molar-refractivity contribution in [1.82, 2.24) is 4.90 Å². The fraction of sp³-hybridized carbons (Fsp3) is 0.235. The molecule has 10 heteroatoms. The molecule has 27 heavy (non-hydrogen) atoms. The van der Waals surface area contributed by atoms with Crippen molar-refractivity contribution in [2.45, 2.75) is 12.6 Å². The molecule has 2 aromatic rings. The quantitative estimate of drug-likeness (QED) is 0.537. The van der Waals surface area contributed by atoms with E-state index in [4.69, 9.17) is 16.3 Å². The van der Waals surface area contributed by atoms with Gasteiger partial charge in [0.2, 0.25) is 5.91 Å². The maximum Gasteiger partial charge on any atom is 0.416 e. The minimum Gasteiger partial charge on any atom is -0.456 e. The summed E-state index contributed by atoms with van der Waals surface area (Å²) in [7, 11) is 3.02. The van der Waals surface area contributed by atoms with Crippen LogP contribution in [0.5, 0.6) is 11.5 Å². The maximum atomic E-state index is 12.7. The highest BCUT2D eigenvalue weighted by Crippen LogP contribution is 2.37. The molecule has 0 fully saturated rings. The van der Waals surface area contributed by atoms with Crippen LogP contribution < -0.4 is 4.74 Å². The summed E-state index contributed by atoms with van der Waals surface area (Å²) in [5, 5.41) is 10.9. The second-order valence-corrected chi connectivity index (χ2v) is 6.16. The summed E-state index contributed by atoms with van der Waals surface area (Å²) in [4.78, 5) is 23.7. The fourth-order valence-electron chi connectivity index (χ4n) is 2.15. The summed E-state index contributed by atoms with van der Waals surface area (Å²) in [6.07, 6.45) is -4.78. The Balaban J connectivity index is 2.34. The molecule has 1 amide bonds. The van der Waals surface area contributed by atoms with Crippen LogP contribution in [0.4, 0.5) is 18.9 Å². The number of rotatable bonds is 5. The van der Waals surface area contributed by atoms with Crippen molar-refractivity contribution in [2.75, 3.05) is 14.1 Å². The van der Waals surface area contributed by atoms with E-state index < -0.39 is 16.7 Å². The Labute approximate surface area is 157 Å². The van der Waals surface area contributed by atoms with Crippen molar-refractivity contribution >= 4 is 23.2 Å². The lowest BCUT2D eigenvalue weighted by molar-refractivity contribution is -0.385. The minimum atomic E-state index is -4.55. The van der Waals surface area contributed by atoms with Crippen molar-refractivity contribution in [3.05, 3.63) is 62.7 Å². The summed E-state index contributed by atoms with van der Waals surface area (Å²) in [6, 6.07) is 6.30. The first-order valence-electron chi connectivity index (χ1n) is 7.51. The topological polar surface area (TPSA) is 72.7 Å². The Morgan fingerprint density at radius 2 is 1.89 bits per heavy atom. The van der Waals surface area contributed by atoms with Gasteiger partial charge in [-0.15, -0.1) is 0 Å². The van der Waals surface area contributed by atoms with E-state index in [1.807, 2.05) is 0 Å². The van der Waals surface area contributed by atoms with E-state index in [2.05, 4.69) is 0 Å². The normalized spacial score (nSPS) is 11.2. The molecular weight excluding hydrogens is 389 g/mol. The van der Waals surface area contributed by atoms with Gasteiger partial charge in [-0.3, -0.25) is 14.9 Å². The Morgan fingerprint density at radius 1 is 1.22 bits per heavy atom. The zero-order valence-electron chi connectivity index (χ0n) is 14.2. The number of ether oxygens (including phenoxy) is 1. The number of hydrogen-bond acceptors (Lipinski definition) is 4. The number of halogens is 4. The lowest BCUT2D eigenvalue weighted by Gasteiger charge is -2.13. The Hall–Kier alpha value is -2.81. The van der Waals surface area contributed by atoms with Gasteiger partial charge in [-0.25, -0.2) is 0 Å². The molecule has 0 heterocycles. The van der Waals surface area contributed by atoms with Gasteiger partial charge in [0.15, 0.2) is 0 Å². The molecule has 0 N–H and O–H groups in total. The smallest absolute Gasteiger partial charge is 0.416 e. The second kappa shape index (κ2) is 7.83. The summed E-state index contributed by atoms with van der Waals surface area (Å²) >= 11 is 5.84. The van der Waals surface area contributed by atoms with Crippen LogP contribution in [0.3, 0.4) is 0 Å². The zero-order chi connectivity index (χ0) is 20.4. The predicted molar refractivity (Wildman–Crippen MR) is 92.0 cm³/mol. The number of hydrogen-bond donors (Lipinski definition) is 0. The van der Waals surface area contributed by atoms with Crippen molar-refractivity contribution < 1.29 is 27.6 Å². The third-order valence-electron chi connectivity index (χ3n) is 3.58. The highest BCUT2D eigenvalue weighted by Gasteiger charge is 2.31. The summed E-state index contributed by atoms with van der Waals surface area (Å²) < 4.78 is 43.5. The SMILES string of the molecule is CN(C)C(=O)Cc1cc(Oc2ccc(C(F)(F)F)cc2Cl)ccc1[N+](=O)[O-]. The maximum absolute atomic E-state index is 12.7. The number of likely N-dealkylation sites (N-methyl/N-ethyl adjacent to an activating group) is 1. The minimum absolute atomic E-state index is 0.0524. The highest BCUT2D eigenvalue weighted by molar-refractivity contribution is 6.32. The average Bonchev–Trinajstić information content (AvgIpc) is 2.55. The van der Waals surface area contributed by atoms with Gasteiger partial charge >= 0.3 is 6.18 Å². The molecule has 0 aromatic heterocycles. The van der Waals surface area contributed by atoms with Crippen LogP contribution in [-0.2, 0) is 17.4 Å². The van der Waals surface area contributed by atoms with Crippen molar-refractivity contribution in [1.29, 1.82) is 0 Å². The summed E-state index contributed by atoms with van der Waals surface area (Å²) in [6.45, 7) is 0. The van der Waals surface area contributed by atoms with E-state index in [1.54, 1.807) is 0 Å². The molecule has 0 saturated heterocycles. The molecule has 0 aliphatic carbocycles. The number of carbonyl (C=O) groups is 1. The molecule has 0 aliphatic heterocycles. The van der Waals surface area contributed by atoms with Crippen LogP contribution in [0, 0.1) is 10.1 Å². The molecule has 0 spiro atoms. The molecule has 0 aliphatic rings. The van der Waals surface area contributed by atoms with Crippen LogP contribution in [-0.4, -0.2) is 29.8 Å². The molecule has 2 rings (SSSR count). The lowest BCUT2D eigenvalue weighted by Crippen LogP contribution is -2.23. The van der Waals surface area contributed by atoms with Gasteiger partial charge in [-0.1, -0.05) is 11.6 Å². The monoisotopic (exact) mass is 402 g/mol. The van der Waals surface area contributed by atoms with Gasteiger partial charge in [0.25, 0.3) is 5.69 Å². The van der Waals surface area contributed by atoms with Crippen LogP contribution in [0.15, 0.2) is 36.4 Å². The Bertz CT molecular complexity index is 885. The number of alkyl halides is 3. The number of carbonyl (C=O) groups excluding carboxylic acids is 1. The molecule has 0 bridgehead atoms. The number of nitrogens with zero attached hydrogens (tertiary/aromatic N) is 2. The van der Waals surface area contributed by atoms with Gasteiger partial charge in [-0.2, -0.15) is 13.2 Å². The fourth-order valence-corrected chi connectivity index (χ4v) is 2.37. The van der Waals surface area contributed by atoms with Gasteiger partial charge in [0, 0.05) is 25.7 Å². The van der Waals surface area contributed by atoms with Crippen molar-refractivity contribution in [2.24, 2.45) is 0 Å². The molecule has 6 nitrogen and oxygen atoms in total. The van der Waals surface area contributed by atoms with Crippen molar-refractivity contribution in [3.63, 3.8) is 0 Å². The van der Waals surface area contributed by atoms with Crippen LogP contribution in [0.2, 0.25) is 5.02 Å². The molecule has 2 aromatic carbocycles. The first kappa shape index (κ1) is 20.5. The van der Waals surface area contributed by atoms with Gasteiger partial charge in [0.05, 0.1) is 21.9 Å². The number of nitro benzene ring substituents is 1. The predicted octanol–water partition coefficient (Wildman–Crippen LogP) is 4.69. The Kier molecular flexibility index (Phi) is 5.94. The first-order chi connectivity index (χ1) is 12.5. The first-order valence-corrected chi connectivity index (χ1v) is 7.89. The van der Waals surface area contributed by atoms with E-state index in [-0.39, 0.29) is 40.1 Å². The zero-order valence-corrected chi connectivity index (χ0v) is 15.0. The molecule has 0 radical (unpaired) electrons. The number of nitro groups is 1. The summed E-state index contributed by atoms with van der Waals surface area (Å²) in [5.74, 6) is -0.310. The van der Waals surface area contributed by atoms with Crippen LogP contribution >= 0.6 is 11.6 Å². The van der Waals surface area contributed by atoms with Crippen molar-refractivity contribution in [3.8, 4) is 11.5 Å². The third kappa shape index (κ3) is 5.10. The number of benzene rings is 2. The molecule has 0 unspecified atom stereocenters. The van der Waals surface area contributed by atoms with E-state index >= 15 is 0 Å². The van der Waals surface area contributed by atoms with E-state index in [9.17, 15) is 28.1 Å². The standard InChI is InChI=1S/C17H14ClF3N2O4/c1-22(2)16(24)8-10-7-12(4-5-14(10)23(25)26)27-15-6-3-11(9-13(15)18)17(19,20)21/h3-7,9H,8H2,1-2H3. The average molecular weight is 403 g/mol. The second-order valence-electron chi connectivity index (χ2n) is 5.76.